The standard InChI is InChI=1S/C16H16ClN5S/c1-4-13-9-14(19-10(2)18-13)23-16-21-20-15(22(16)3)11-6-5-7-12(17)8-11/h5-9H,4H2,1-3H3. The van der Waals surface area contributed by atoms with E-state index in [1.807, 2.05) is 48.9 Å². The van der Waals surface area contributed by atoms with Gasteiger partial charge >= 0.3 is 0 Å². The molecular weight excluding hydrogens is 330 g/mol. The second-order valence-electron chi connectivity index (χ2n) is 5.08. The number of aromatic nitrogens is 5. The molecule has 0 aliphatic heterocycles. The number of hydrogen-bond donors (Lipinski definition) is 0. The minimum absolute atomic E-state index is 0.679. The number of rotatable bonds is 4. The van der Waals surface area contributed by atoms with E-state index in [1.54, 1.807) is 0 Å². The Kier molecular flexibility index (Phi) is 4.63. The Morgan fingerprint density at radius 1 is 1.17 bits per heavy atom. The maximum Gasteiger partial charge on any atom is 0.197 e. The summed E-state index contributed by atoms with van der Waals surface area (Å²) in [7, 11) is 1.94. The van der Waals surface area contributed by atoms with Gasteiger partial charge in [0.25, 0.3) is 0 Å². The van der Waals surface area contributed by atoms with Crippen LogP contribution in [0.4, 0.5) is 0 Å². The number of halogens is 1. The fourth-order valence-electron chi connectivity index (χ4n) is 2.21. The van der Waals surface area contributed by atoms with Crippen molar-refractivity contribution in [1.82, 2.24) is 24.7 Å². The van der Waals surface area contributed by atoms with E-state index < -0.39 is 0 Å². The molecule has 0 N–H and O–H groups in total. The predicted octanol–water partition coefficient (Wildman–Crippen LogP) is 3.95. The highest BCUT2D eigenvalue weighted by Crippen LogP contribution is 2.28. The van der Waals surface area contributed by atoms with Crippen LogP contribution in [0.15, 0.2) is 40.5 Å². The molecule has 0 aliphatic carbocycles. The Labute approximate surface area is 144 Å². The van der Waals surface area contributed by atoms with E-state index in [1.165, 1.54) is 11.8 Å². The zero-order valence-corrected chi connectivity index (χ0v) is 14.7. The largest absolute Gasteiger partial charge is 0.305 e. The third-order valence-electron chi connectivity index (χ3n) is 3.34. The summed E-state index contributed by atoms with van der Waals surface area (Å²) in [5.41, 5.74) is 1.96. The van der Waals surface area contributed by atoms with Crippen LogP contribution in [0.25, 0.3) is 11.4 Å². The highest BCUT2D eigenvalue weighted by molar-refractivity contribution is 7.99. The molecule has 3 rings (SSSR count). The Morgan fingerprint density at radius 3 is 2.74 bits per heavy atom. The molecule has 0 radical (unpaired) electrons. The monoisotopic (exact) mass is 345 g/mol. The average molecular weight is 346 g/mol. The number of aryl methyl sites for hydroxylation is 2. The van der Waals surface area contributed by atoms with Crippen LogP contribution < -0.4 is 0 Å². The first-order valence-electron chi connectivity index (χ1n) is 7.24. The molecule has 0 saturated heterocycles. The highest BCUT2D eigenvalue weighted by Gasteiger charge is 2.13. The molecule has 1 aromatic carbocycles. The molecule has 0 bridgehead atoms. The maximum atomic E-state index is 6.05. The molecule has 0 saturated carbocycles. The second-order valence-corrected chi connectivity index (χ2v) is 6.50. The molecule has 5 nitrogen and oxygen atoms in total. The lowest BCUT2D eigenvalue weighted by Crippen LogP contribution is -1.98. The lowest BCUT2D eigenvalue weighted by molar-refractivity contribution is 0.790. The molecule has 0 aliphatic rings. The summed E-state index contributed by atoms with van der Waals surface area (Å²) >= 11 is 7.54. The van der Waals surface area contributed by atoms with Gasteiger partial charge in [-0.2, -0.15) is 0 Å². The van der Waals surface area contributed by atoms with E-state index in [9.17, 15) is 0 Å². The van der Waals surface area contributed by atoms with Crippen LogP contribution in [0, 0.1) is 6.92 Å². The number of benzene rings is 1. The van der Waals surface area contributed by atoms with Gasteiger partial charge in [0.1, 0.15) is 10.9 Å². The molecule has 118 valence electrons. The maximum absolute atomic E-state index is 6.05. The van der Waals surface area contributed by atoms with E-state index in [0.29, 0.717) is 5.02 Å². The van der Waals surface area contributed by atoms with Crippen LogP contribution in [0.1, 0.15) is 18.4 Å². The van der Waals surface area contributed by atoms with Crippen molar-refractivity contribution in [2.45, 2.75) is 30.5 Å². The summed E-state index contributed by atoms with van der Waals surface area (Å²) in [6.07, 6.45) is 0.878. The van der Waals surface area contributed by atoms with E-state index in [0.717, 1.165) is 39.5 Å². The van der Waals surface area contributed by atoms with E-state index in [-0.39, 0.29) is 0 Å². The molecule has 3 aromatic rings. The Balaban J connectivity index is 1.92. The lowest BCUT2D eigenvalue weighted by atomic mass is 10.2. The van der Waals surface area contributed by atoms with Crippen LogP contribution in [0.5, 0.6) is 0 Å². The van der Waals surface area contributed by atoms with E-state index >= 15 is 0 Å². The van der Waals surface area contributed by atoms with E-state index in [4.69, 9.17) is 11.6 Å². The van der Waals surface area contributed by atoms with Crippen LogP contribution in [0.2, 0.25) is 5.02 Å². The van der Waals surface area contributed by atoms with Gasteiger partial charge in [-0.3, -0.25) is 0 Å². The van der Waals surface area contributed by atoms with Crippen LogP contribution in [0.3, 0.4) is 0 Å². The first-order valence-corrected chi connectivity index (χ1v) is 8.44. The van der Waals surface area contributed by atoms with Gasteiger partial charge in [0.2, 0.25) is 0 Å². The number of hydrogen-bond acceptors (Lipinski definition) is 5. The normalized spacial score (nSPS) is 11.0. The van der Waals surface area contributed by atoms with Gasteiger partial charge in [-0.05, 0) is 43.3 Å². The molecule has 0 atom stereocenters. The average Bonchev–Trinajstić information content (AvgIpc) is 2.88. The third-order valence-corrected chi connectivity index (χ3v) is 4.53. The molecule has 0 fully saturated rings. The minimum Gasteiger partial charge on any atom is -0.305 e. The molecule has 7 heteroatoms. The summed E-state index contributed by atoms with van der Waals surface area (Å²) in [6, 6.07) is 9.58. The van der Waals surface area contributed by atoms with Crippen molar-refractivity contribution in [3.63, 3.8) is 0 Å². The zero-order chi connectivity index (χ0) is 16.4. The SMILES string of the molecule is CCc1cc(Sc2nnc(-c3cccc(Cl)c3)n2C)nc(C)n1. The van der Waals surface area contributed by atoms with Crippen molar-refractivity contribution in [3.8, 4) is 11.4 Å². The molecule has 2 heterocycles. The molecule has 23 heavy (non-hydrogen) atoms. The first kappa shape index (κ1) is 16.0. The molecular formula is C16H16ClN5S. The third kappa shape index (κ3) is 3.54. The molecule has 2 aromatic heterocycles. The lowest BCUT2D eigenvalue weighted by Gasteiger charge is -2.05. The molecule has 0 spiro atoms. The van der Waals surface area contributed by atoms with Gasteiger partial charge in [-0.25, -0.2) is 9.97 Å². The van der Waals surface area contributed by atoms with Crippen molar-refractivity contribution in [2.75, 3.05) is 0 Å². The van der Waals surface area contributed by atoms with Gasteiger partial charge in [0, 0.05) is 23.3 Å². The van der Waals surface area contributed by atoms with Crippen molar-refractivity contribution >= 4 is 23.4 Å². The second kappa shape index (κ2) is 6.68. The first-order chi connectivity index (χ1) is 11.1. The predicted molar refractivity (Wildman–Crippen MR) is 91.7 cm³/mol. The Bertz CT molecular complexity index is 846. The van der Waals surface area contributed by atoms with Gasteiger partial charge in [0.05, 0.1) is 0 Å². The van der Waals surface area contributed by atoms with Crippen LogP contribution in [-0.4, -0.2) is 24.7 Å². The van der Waals surface area contributed by atoms with Crippen LogP contribution in [-0.2, 0) is 13.5 Å². The smallest absolute Gasteiger partial charge is 0.197 e. The summed E-state index contributed by atoms with van der Waals surface area (Å²) in [5.74, 6) is 1.54. The highest BCUT2D eigenvalue weighted by atomic mass is 35.5. The summed E-state index contributed by atoms with van der Waals surface area (Å²) in [4.78, 5) is 8.86. The summed E-state index contributed by atoms with van der Waals surface area (Å²) < 4.78 is 1.94. The zero-order valence-electron chi connectivity index (χ0n) is 13.1. The van der Waals surface area contributed by atoms with Crippen LogP contribution >= 0.6 is 23.4 Å². The fourth-order valence-corrected chi connectivity index (χ4v) is 3.26. The van der Waals surface area contributed by atoms with Gasteiger partial charge in [-0.15, -0.1) is 10.2 Å². The Hall–Kier alpha value is -1.92. The van der Waals surface area contributed by atoms with E-state index in [2.05, 4.69) is 27.1 Å². The van der Waals surface area contributed by atoms with Crippen molar-refractivity contribution in [1.29, 1.82) is 0 Å². The minimum atomic E-state index is 0.679. The van der Waals surface area contributed by atoms with Crippen molar-refractivity contribution in [3.05, 3.63) is 46.9 Å². The number of nitrogens with zero attached hydrogens (tertiary/aromatic N) is 5. The summed E-state index contributed by atoms with van der Waals surface area (Å²) in [6.45, 7) is 3.98. The topological polar surface area (TPSA) is 56.5 Å². The van der Waals surface area contributed by atoms with Crippen molar-refractivity contribution < 1.29 is 0 Å². The van der Waals surface area contributed by atoms with Gasteiger partial charge in [0.15, 0.2) is 11.0 Å². The fraction of sp³-hybridized carbons (Fsp3) is 0.250. The molecule has 0 amide bonds. The summed E-state index contributed by atoms with van der Waals surface area (Å²) in [5, 5.41) is 10.9. The van der Waals surface area contributed by atoms with Gasteiger partial charge < -0.3 is 4.57 Å². The van der Waals surface area contributed by atoms with Gasteiger partial charge in [-0.1, -0.05) is 30.7 Å². The molecule has 0 unspecified atom stereocenters. The van der Waals surface area contributed by atoms with Crippen molar-refractivity contribution in [2.24, 2.45) is 7.05 Å². The Morgan fingerprint density at radius 2 is 2.00 bits per heavy atom. The quantitative estimate of drug-likeness (QED) is 0.670.